The molecule has 0 radical (unpaired) electrons. The molecule has 3 rings (SSSR count). The second kappa shape index (κ2) is 5.69. The van der Waals surface area contributed by atoms with Crippen molar-refractivity contribution in [2.75, 3.05) is 26.7 Å². The van der Waals surface area contributed by atoms with Gasteiger partial charge < -0.3 is 14.6 Å². The van der Waals surface area contributed by atoms with E-state index in [9.17, 15) is 9.59 Å². The van der Waals surface area contributed by atoms with E-state index >= 15 is 0 Å². The maximum absolute atomic E-state index is 12.5. The molecule has 1 amide bonds. The van der Waals surface area contributed by atoms with Crippen molar-refractivity contribution >= 4 is 16.9 Å². The number of nitrogens with one attached hydrogen (secondary N) is 1. The molecule has 110 valence electrons. The highest BCUT2D eigenvalue weighted by Gasteiger charge is 2.28. The van der Waals surface area contributed by atoms with Crippen molar-refractivity contribution in [1.29, 1.82) is 0 Å². The summed E-state index contributed by atoms with van der Waals surface area (Å²) in [5.74, 6) is 0.222. The van der Waals surface area contributed by atoms with Gasteiger partial charge >= 0.3 is 5.63 Å². The first-order chi connectivity index (χ1) is 10.2. The molecule has 2 aromatic rings. The molecule has 1 aromatic carbocycles. The molecule has 1 aliphatic heterocycles. The molecule has 2 heterocycles. The van der Waals surface area contributed by atoms with Gasteiger partial charge in [0.05, 0.1) is 0 Å². The third-order valence-corrected chi connectivity index (χ3v) is 3.94. The van der Waals surface area contributed by atoms with E-state index in [2.05, 4.69) is 5.32 Å². The van der Waals surface area contributed by atoms with Gasteiger partial charge in [-0.05, 0) is 38.1 Å². The van der Waals surface area contributed by atoms with E-state index in [-0.39, 0.29) is 11.5 Å². The molecule has 0 aliphatic carbocycles. The highest BCUT2D eigenvalue weighted by atomic mass is 16.4. The number of nitrogens with zero attached hydrogens (tertiary/aromatic N) is 1. The Morgan fingerprint density at radius 3 is 3.05 bits per heavy atom. The normalized spacial score (nSPS) is 18.3. The van der Waals surface area contributed by atoms with Gasteiger partial charge in [0.15, 0.2) is 0 Å². The first kappa shape index (κ1) is 13.8. The summed E-state index contributed by atoms with van der Waals surface area (Å²) in [5, 5.41) is 3.90. The summed E-state index contributed by atoms with van der Waals surface area (Å²) in [6.07, 6.45) is 0.964. The van der Waals surface area contributed by atoms with Crippen LogP contribution in [0.15, 0.2) is 39.5 Å². The van der Waals surface area contributed by atoms with Gasteiger partial charge in [-0.25, -0.2) is 4.79 Å². The molecule has 0 bridgehead atoms. The topological polar surface area (TPSA) is 62.6 Å². The fourth-order valence-corrected chi connectivity index (χ4v) is 2.85. The largest absolute Gasteiger partial charge is 0.422 e. The van der Waals surface area contributed by atoms with E-state index in [4.69, 9.17) is 4.42 Å². The van der Waals surface area contributed by atoms with Gasteiger partial charge in [0.25, 0.3) is 5.91 Å². The average Bonchev–Trinajstić information content (AvgIpc) is 2.95. The lowest BCUT2D eigenvalue weighted by Gasteiger charge is -2.16. The predicted molar refractivity (Wildman–Crippen MR) is 80.4 cm³/mol. The zero-order valence-corrected chi connectivity index (χ0v) is 12.0. The number of amides is 1. The quantitative estimate of drug-likeness (QED) is 0.868. The van der Waals surface area contributed by atoms with Gasteiger partial charge in [-0.15, -0.1) is 0 Å². The van der Waals surface area contributed by atoms with E-state index in [0.29, 0.717) is 24.6 Å². The van der Waals surface area contributed by atoms with Crippen LogP contribution in [0.1, 0.15) is 16.8 Å². The summed E-state index contributed by atoms with van der Waals surface area (Å²) < 4.78 is 5.23. The number of benzene rings is 1. The number of carbonyl (C=O) groups excluding carboxylic acids is 1. The minimum absolute atomic E-state index is 0.124. The van der Waals surface area contributed by atoms with Crippen molar-refractivity contribution in [3.63, 3.8) is 0 Å². The number of rotatable bonds is 3. The molecule has 21 heavy (non-hydrogen) atoms. The van der Waals surface area contributed by atoms with Crippen LogP contribution in [0.25, 0.3) is 11.0 Å². The summed E-state index contributed by atoms with van der Waals surface area (Å²) in [5.41, 5.74) is 0.0723. The molecule has 5 heteroatoms. The summed E-state index contributed by atoms with van der Waals surface area (Å²) in [6.45, 7) is 2.26. The van der Waals surface area contributed by atoms with Crippen molar-refractivity contribution in [2.24, 2.45) is 5.92 Å². The number of para-hydroxylation sites is 1. The van der Waals surface area contributed by atoms with Crippen LogP contribution in [-0.4, -0.2) is 37.5 Å². The van der Waals surface area contributed by atoms with Gasteiger partial charge in [-0.2, -0.15) is 0 Å². The van der Waals surface area contributed by atoms with Crippen LogP contribution in [0, 0.1) is 5.92 Å². The molecule has 1 aromatic heterocycles. The van der Waals surface area contributed by atoms with E-state index in [1.165, 1.54) is 0 Å². The zero-order chi connectivity index (χ0) is 14.8. The second-order valence-electron chi connectivity index (χ2n) is 5.45. The minimum Gasteiger partial charge on any atom is -0.422 e. The fourth-order valence-electron chi connectivity index (χ4n) is 2.85. The van der Waals surface area contributed by atoms with Crippen LogP contribution in [0.2, 0.25) is 0 Å². The second-order valence-corrected chi connectivity index (χ2v) is 5.45. The summed E-state index contributed by atoms with van der Waals surface area (Å²) in [4.78, 5) is 26.3. The summed E-state index contributed by atoms with van der Waals surface area (Å²) in [7, 11) is 1.91. The van der Waals surface area contributed by atoms with Crippen LogP contribution < -0.4 is 10.9 Å². The van der Waals surface area contributed by atoms with Crippen LogP contribution in [0.4, 0.5) is 0 Å². The van der Waals surface area contributed by atoms with E-state index < -0.39 is 5.63 Å². The highest BCUT2D eigenvalue weighted by Crippen LogP contribution is 2.19. The highest BCUT2D eigenvalue weighted by molar-refractivity contribution is 5.96. The first-order valence-electron chi connectivity index (χ1n) is 7.16. The van der Waals surface area contributed by atoms with Crippen LogP contribution in [0.5, 0.6) is 0 Å². The van der Waals surface area contributed by atoms with Crippen molar-refractivity contribution in [3.8, 4) is 0 Å². The maximum atomic E-state index is 12.5. The van der Waals surface area contributed by atoms with Crippen molar-refractivity contribution in [1.82, 2.24) is 10.2 Å². The number of fused-ring (bicyclic) bond motifs is 1. The summed E-state index contributed by atoms with van der Waals surface area (Å²) >= 11 is 0. The first-order valence-corrected chi connectivity index (χ1v) is 7.16. The molecule has 1 atom stereocenters. The van der Waals surface area contributed by atoms with Crippen LogP contribution >= 0.6 is 0 Å². The Bertz CT molecular complexity index is 723. The van der Waals surface area contributed by atoms with Gasteiger partial charge in [0.1, 0.15) is 11.1 Å². The third-order valence-electron chi connectivity index (χ3n) is 3.94. The Morgan fingerprint density at radius 2 is 2.24 bits per heavy atom. The molecule has 5 nitrogen and oxygen atoms in total. The monoisotopic (exact) mass is 286 g/mol. The van der Waals surface area contributed by atoms with E-state index in [1.54, 1.807) is 23.1 Å². The molecule has 1 fully saturated rings. The average molecular weight is 286 g/mol. The molecule has 1 N–H and O–H groups in total. The van der Waals surface area contributed by atoms with Gasteiger partial charge in [0.2, 0.25) is 0 Å². The number of hydrogen-bond acceptors (Lipinski definition) is 4. The number of carbonyl (C=O) groups is 1. The fraction of sp³-hybridized carbons (Fsp3) is 0.375. The molecule has 1 aliphatic rings. The van der Waals surface area contributed by atoms with E-state index in [1.807, 2.05) is 19.2 Å². The minimum atomic E-state index is -0.559. The zero-order valence-electron chi connectivity index (χ0n) is 12.0. The predicted octanol–water partition coefficient (Wildman–Crippen LogP) is 1.47. The smallest absolute Gasteiger partial charge is 0.349 e. The molecular formula is C16H18N2O3. The molecule has 0 saturated carbocycles. The van der Waals surface area contributed by atoms with Crippen molar-refractivity contribution in [3.05, 3.63) is 46.3 Å². The number of likely N-dealkylation sites (tertiary alicyclic amines) is 1. The maximum Gasteiger partial charge on any atom is 0.349 e. The van der Waals surface area contributed by atoms with Crippen LogP contribution in [-0.2, 0) is 0 Å². The number of hydrogen-bond donors (Lipinski definition) is 1. The molecule has 1 unspecified atom stereocenters. The SMILES string of the molecule is CNCC1CCN(C(=O)c2cc3ccccc3oc2=O)C1. The van der Waals surface area contributed by atoms with Gasteiger partial charge in [-0.1, -0.05) is 18.2 Å². The Morgan fingerprint density at radius 1 is 1.43 bits per heavy atom. The van der Waals surface area contributed by atoms with Crippen molar-refractivity contribution < 1.29 is 9.21 Å². The lowest BCUT2D eigenvalue weighted by molar-refractivity contribution is 0.0783. The van der Waals surface area contributed by atoms with Crippen LogP contribution in [0.3, 0.4) is 0 Å². The molecule has 0 spiro atoms. The summed E-state index contributed by atoms with van der Waals surface area (Å²) in [6, 6.07) is 8.85. The van der Waals surface area contributed by atoms with E-state index in [0.717, 1.165) is 18.4 Å². The molecular weight excluding hydrogens is 268 g/mol. The Hall–Kier alpha value is -2.14. The standard InChI is InChI=1S/C16H18N2O3/c1-17-9-11-6-7-18(10-11)15(19)13-8-12-4-2-3-5-14(12)21-16(13)20/h2-5,8,11,17H,6-7,9-10H2,1H3. The lowest BCUT2D eigenvalue weighted by atomic mass is 10.1. The lowest BCUT2D eigenvalue weighted by Crippen LogP contribution is -2.33. The third kappa shape index (κ3) is 2.69. The Balaban J connectivity index is 1.88. The Labute approximate surface area is 122 Å². The molecule has 1 saturated heterocycles. The van der Waals surface area contributed by atoms with Gasteiger partial charge in [-0.3, -0.25) is 4.79 Å². The van der Waals surface area contributed by atoms with Gasteiger partial charge in [0, 0.05) is 18.5 Å². The van der Waals surface area contributed by atoms with Crippen molar-refractivity contribution in [2.45, 2.75) is 6.42 Å². The Kier molecular flexibility index (Phi) is 3.75.